The molecule has 1 rings (SSSR count). The summed E-state index contributed by atoms with van der Waals surface area (Å²) in [6.07, 6.45) is 0. The Morgan fingerprint density at radius 3 is 2.82 bits per heavy atom. The van der Waals surface area contributed by atoms with E-state index in [0.717, 1.165) is 30.2 Å². The largest absolute Gasteiger partial charge is 0.497 e. The third-order valence-electron chi connectivity index (χ3n) is 2.45. The van der Waals surface area contributed by atoms with Gasteiger partial charge in [0, 0.05) is 30.9 Å². The Balaban J connectivity index is 2.68. The topological polar surface area (TPSA) is 49.1 Å². The Bertz CT molecular complexity index is 412. The zero-order valence-corrected chi connectivity index (χ0v) is 10.9. The van der Waals surface area contributed by atoms with Gasteiger partial charge in [-0.25, -0.2) is 0 Å². The fourth-order valence-corrected chi connectivity index (χ4v) is 1.75. The van der Waals surface area contributed by atoms with Crippen LogP contribution in [0.2, 0.25) is 0 Å². The number of methoxy groups -OCH3 is 1. The smallest absolute Gasteiger partial charge is 0.122 e. The van der Waals surface area contributed by atoms with Crippen LogP contribution >= 0.6 is 0 Å². The zero-order chi connectivity index (χ0) is 12.8. The second-order valence-corrected chi connectivity index (χ2v) is 4.37. The van der Waals surface area contributed by atoms with Crippen molar-refractivity contribution in [3.63, 3.8) is 0 Å². The SMILES string of the molecule is COc1cc(C)nc(CN(C)CC(C)C#N)c1. The van der Waals surface area contributed by atoms with Gasteiger partial charge in [0.25, 0.3) is 0 Å². The highest BCUT2D eigenvalue weighted by Gasteiger charge is 2.08. The first-order chi connectivity index (χ1) is 8.05. The van der Waals surface area contributed by atoms with Crippen molar-refractivity contribution in [2.24, 2.45) is 5.92 Å². The molecule has 0 aliphatic carbocycles. The molecule has 1 unspecified atom stereocenters. The van der Waals surface area contributed by atoms with Crippen LogP contribution in [-0.2, 0) is 6.54 Å². The number of hydrogen-bond acceptors (Lipinski definition) is 4. The lowest BCUT2D eigenvalue weighted by Crippen LogP contribution is -2.23. The molecular formula is C13H19N3O. The second kappa shape index (κ2) is 6.21. The number of rotatable bonds is 5. The zero-order valence-electron chi connectivity index (χ0n) is 10.9. The van der Waals surface area contributed by atoms with Crippen molar-refractivity contribution < 1.29 is 4.74 Å². The number of pyridine rings is 1. The lowest BCUT2D eigenvalue weighted by molar-refractivity contribution is 0.298. The molecule has 1 aromatic heterocycles. The van der Waals surface area contributed by atoms with Gasteiger partial charge in [0.05, 0.1) is 24.8 Å². The van der Waals surface area contributed by atoms with Gasteiger partial charge < -0.3 is 4.74 Å². The normalized spacial score (nSPS) is 12.2. The number of nitrogens with zero attached hydrogens (tertiary/aromatic N) is 3. The van der Waals surface area contributed by atoms with Crippen LogP contribution in [0.4, 0.5) is 0 Å². The fraction of sp³-hybridized carbons (Fsp3) is 0.538. The lowest BCUT2D eigenvalue weighted by atomic mass is 10.2. The lowest BCUT2D eigenvalue weighted by Gasteiger charge is -2.17. The van der Waals surface area contributed by atoms with Crippen LogP contribution in [0.25, 0.3) is 0 Å². The first kappa shape index (κ1) is 13.5. The Morgan fingerprint density at radius 1 is 1.53 bits per heavy atom. The van der Waals surface area contributed by atoms with Gasteiger partial charge in [0.2, 0.25) is 0 Å². The number of hydrogen-bond donors (Lipinski definition) is 0. The highest BCUT2D eigenvalue weighted by molar-refractivity contribution is 5.26. The quantitative estimate of drug-likeness (QED) is 0.780. The third-order valence-corrected chi connectivity index (χ3v) is 2.45. The molecule has 0 N–H and O–H groups in total. The number of ether oxygens (including phenoxy) is 1. The molecule has 0 aromatic carbocycles. The molecule has 0 radical (unpaired) electrons. The van der Waals surface area contributed by atoms with Crippen molar-refractivity contribution in [2.45, 2.75) is 20.4 Å². The molecule has 0 spiro atoms. The Morgan fingerprint density at radius 2 is 2.24 bits per heavy atom. The second-order valence-electron chi connectivity index (χ2n) is 4.37. The van der Waals surface area contributed by atoms with Gasteiger partial charge in [0.1, 0.15) is 5.75 Å². The van der Waals surface area contributed by atoms with Gasteiger partial charge in [-0.3, -0.25) is 9.88 Å². The van der Waals surface area contributed by atoms with Crippen LogP contribution in [0, 0.1) is 24.2 Å². The highest BCUT2D eigenvalue weighted by Crippen LogP contribution is 2.14. The van der Waals surface area contributed by atoms with Gasteiger partial charge in [0.15, 0.2) is 0 Å². The van der Waals surface area contributed by atoms with Gasteiger partial charge in [-0.1, -0.05) is 0 Å². The Hall–Kier alpha value is -1.60. The van der Waals surface area contributed by atoms with E-state index in [2.05, 4.69) is 16.0 Å². The predicted octanol–water partition coefficient (Wildman–Crippen LogP) is 1.99. The summed E-state index contributed by atoms with van der Waals surface area (Å²) in [7, 11) is 3.64. The van der Waals surface area contributed by atoms with Crippen molar-refractivity contribution in [1.82, 2.24) is 9.88 Å². The maximum atomic E-state index is 8.76. The van der Waals surface area contributed by atoms with E-state index in [0.29, 0.717) is 0 Å². The molecule has 92 valence electrons. The minimum atomic E-state index is 0.0340. The molecule has 4 heteroatoms. The van der Waals surface area contributed by atoms with E-state index in [1.807, 2.05) is 33.0 Å². The minimum absolute atomic E-state index is 0.0340. The van der Waals surface area contributed by atoms with Crippen LogP contribution in [0.3, 0.4) is 0 Å². The molecule has 17 heavy (non-hydrogen) atoms. The van der Waals surface area contributed by atoms with Crippen LogP contribution in [0.5, 0.6) is 5.75 Å². The van der Waals surface area contributed by atoms with Gasteiger partial charge >= 0.3 is 0 Å². The summed E-state index contributed by atoms with van der Waals surface area (Å²) in [4.78, 5) is 6.54. The van der Waals surface area contributed by atoms with Crippen LogP contribution in [-0.4, -0.2) is 30.6 Å². The van der Waals surface area contributed by atoms with E-state index in [-0.39, 0.29) is 5.92 Å². The molecular weight excluding hydrogens is 214 g/mol. The van der Waals surface area contributed by atoms with E-state index >= 15 is 0 Å². The van der Waals surface area contributed by atoms with Gasteiger partial charge in [-0.05, 0) is 20.9 Å². The molecule has 1 aromatic rings. The number of aromatic nitrogens is 1. The van der Waals surface area contributed by atoms with Crippen molar-refractivity contribution in [2.75, 3.05) is 20.7 Å². The monoisotopic (exact) mass is 233 g/mol. The summed E-state index contributed by atoms with van der Waals surface area (Å²) in [5.41, 5.74) is 1.91. The summed E-state index contributed by atoms with van der Waals surface area (Å²) >= 11 is 0. The van der Waals surface area contributed by atoms with Crippen LogP contribution < -0.4 is 4.74 Å². The minimum Gasteiger partial charge on any atom is -0.497 e. The van der Waals surface area contributed by atoms with Crippen LogP contribution in [0.15, 0.2) is 12.1 Å². The summed E-state index contributed by atoms with van der Waals surface area (Å²) in [5.74, 6) is 0.862. The Kier molecular flexibility index (Phi) is 4.92. The summed E-state index contributed by atoms with van der Waals surface area (Å²) < 4.78 is 5.21. The molecule has 1 heterocycles. The molecule has 4 nitrogen and oxygen atoms in total. The highest BCUT2D eigenvalue weighted by atomic mass is 16.5. The first-order valence-electron chi connectivity index (χ1n) is 5.65. The molecule has 0 fully saturated rings. The summed E-state index contributed by atoms with van der Waals surface area (Å²) in [6.45, 7) is 5.34. The van der Waals surface area contributed by atoms with Gasteiger partial charge in [-0.2, -0.15) is 5.26 Å². The number of aryl methyl sites for hydroxylation is 1. The average molecular weight is 233 g/mol. The molecule has 0 bridgehead atoms. The molecule has 1 atom stereocenters. The van der Waals surface area contributed by atoms with Gasteiger partial charge in [-0.15, -0.1) is 0 Å². The van der Waals surface area contributed by atoms with Crippen molar-refractivity contribution in [3.8, 4) is 11.8 Å². The van der Waals surface area contributed by atoms with E-state index in [9.17, 15) is 0 Å². The predicted molar refractivity (Wildman–Crippen MR) is 66.6 cm³/mol. The maximum Gasteiger partial charge on any atom is 0.122 e. The van der Waals surface area contributed by atoms with Crippen molar-refractivity contribution in [1.29, 1.82) is 5.26 Å². The van der Waals surface area contributed by atoms with Crippen molar-refractivity contribution in [3.05, 3.63) is 23.5 Å². The maximum absolute atomic E-state index is 8.76. The molecule has 0 aliphatic rings. The van der Waals surface area contributed by atoms with E-state index in [1.165, 1.54) is 0 Å². The molecule has 0 saturated carbocycles. The third kappa shape index (κ3) is 4.41. The fourth-order valence-electron chi connectivity index (χ4n) is 1.75. The van der Waals surface area contributed by atoms with E-state index in [1.54, 1.807) is 7.11 Å². The van der Waals surface area contributed by atoms with Crippen LogP contribution in [0.1, 0.15) is 18.3 Å². The molecule has 0 saturated heterocycles. The molecule has 0 amide bonds. The van der Waals surface area contributed by atoms with E-state index in [4.69, 9.17) is 10.00 Å². The summed E-state index contributed by atoms with van der Waals surface area (Å²) in [5, 5.41) is 8.76. The standard InChI is InChI=1S/C13H19N3O/c1-10(7-14)8-16(3)9-12-6-13(17-4)5-11(2)15-12/h5-6,10H,8-9H2,1-4H3. The average Bonchev–Trinajstić information content (AvgIpc) is 2.27. The molecule has 0 aliphatic heterocycles. The first-order valence-corrected chi connectivity index (χ1v) is 5.65. The summed E-state index contributed by atoms with van der Waals surface area (Å²) in [6, 6.07) is 6.06. The Labute approximate surface area is 103 Å². The number of nitriles is 1. The van der Waals surface area contributed by atoms with Crippen molar-refractivity contribution >= 4 is 0 Å². The van der Waals surface area contributed by atoms with E-state index < -0.39 is 0 Å².